The van der Waals surface area contributed by atoms with Crippen LogP contribution in [0.25, 0.3) is 0 Å². The normalized spacial score (nSPS) is 21.7. The molecule has 2 atom stereocenters. The second-order valence-corrected chi connectivity index (χ2v) is 13.5. The molecule has 0 aliphatic carbocycles. The first kappa shape index (κ1) is 33.6. The number of hydrogen-bond acceptors (Lipinski definition) is 5. The lowest BCUT2D eigenvalue weighted by molar-refractivity contribution is -0.439. The van der Waals surface area contributed by atoms with E-state index in [4.69, 9.17) is 0 Å². The van der Waals surface area contributed by atoms with Crippen LogP contribution in [0.15, 0.2) is 85.6 Å². The van der Waals surface area contributed by atoms with Gasteiger partial charge >= 0.3 is 0 Å². The van der Waals surface area contributed by atoms with Crippen molar-refractivity contribution in [3.8, 4) is 0 Å². The predicted molar refractivity (Wildman–Crippen MR) is 184 cm³/mol. The van der Waals surface area contributed by atoms with Gasteiger partial charge in [-0.2, -0.15) is 4.58 Å². The second kappa shape index (κ2) is 13.3. The number of nitrogens with zero attached hydrogens (tertiary/aromatic N) is 4. The molecular formula is C37H47N4O4+. The van der Waals surface area contributed by atoms with Crippen molar-refractivity contribution in [3.63, 3.8) is 0 Å². The number of anilines is 1. The van der Waals surface area contributed by atoms with Gasteiger partial charge in [-0.25, -0.2) is 0 Å². The van der Waals surface area contributed by atoms with Crippen molar-refractivity contribution in [1.82, 2.24) is 0 Å². The Morgan fingerprint density at radius 2 is 1.44 bits per heavy atom. The molecule has 0 radical (unpaired) electrons. The lowest BCUT2D eigenvalue weighted by atomic mass is 9.76. The lowest BCUT2D eigenvalue weighted by Gasteiger charge is -2.30. The summed E-state index contributed by atoms with van der Waals surface area (Å²) < 4.78 is 2.31. The maximum absolute atomic E-state index is 11.8. The van der Waals surface area contributed by atoms with E-state index < -0.39 is 10.8 Å². The molecule has 0 N–H and O–H groups in total. The summed E-state index contributed by atoms with van der Waals surface area (Å²) in [6, 6.07) is 10.4. The molecule has 4 rings (SSSR count). The molecule has 238 valence electrons. The average Bonchev–Trinajstić information content (AvgIpc) is 3.35. The third-order valence-electron chi connectivity index (χ3n) is 9.34. The second-order valence-electron chi connectivity index (χ2n) is 13.5. The molecule has 8 nitrogen and oxygen atoms in total. The Morgan fingerprint density at radius 3 is 2.02 bits per heavy atom. The third kappa shape index (κ3) is 6.42. The minimum absolute atomic E-state index is 0.0824. The molecular weight excluding hydrogens is 564 g/mol. The van der Waals surface area contributed by atoms with Gasteiger partial charge in [0.15, 0.2) is 5.71 Å². The van der Waals surface area contributed by atoms with E-state index in [2.05, 4.69) is 82.4 Å². The molecule has 0 bridgehead atoms. The fourth-order valence-corrected chi connectivity index (χ4v) is 6.80. The van der Waals surface area contributed by atoms with Gasteiger partial charge in [0.05, 0.1) is 15.3 Å². The number of nitro groups is 2. The summed E-state index contributed by atoms with van der Waals surface area (Å²) in [7, 11) is 0. The third-order valence-corrected chi connectivity index (χ3v) is 9.34. The largest absolute Gasteiger partial charge is 0.344 e. The van der Waals surface area contributed by atoms with Crippen LogP contribution in [0.3, 0.4) is 0 Å². The number of hydrogen-bond donors (Lipinski definition) is 0. The zero-order chi connectivity index (χ0) is 33.1. The molecule has 0 aromatic heterocycles. The van der Waals surface area contributed by atoms with Crippen molar-refractivity contribution in [2.75, 3.05) is 18.0 Å². The highest BCUT2D eigenvalue weighted by Gasteiger charge is 2.48. The van der Waals surface area contributed by atoms with Crippen LogP contribution in [0.2, 0.25) is 0 Å². The highest BCUT2D eigenvalue weighted by molar-refractivity contribution is 6.04. The summed E-state index contributed by atoms with van der Waals surface area (Å²) in [5, 5.41) is 23.5. The molecule has 0 fully saturated rings. The van der Waals surface area contributed by atoms with Gasteiger partial charge in [-0.05, 0) is 62.7 Å². The van der Waals surface area contributed by atoms with Crippen LogP contribution >= 0.6 is 0 Å². The monoisotopic (exact) mass is 611 g/mol. The van der Waals surface area contributed by atoms with Gasteiger partial charge in [0.2, 0.25) is 5.69 Å². The summed E-state index contributed by atoms with van der Waals surface area (Å²) in [6.45, 7) is 22.7. The van der Waals surface area contributed by atoms with Gasteiger partial charge in [0, 0.05) is 71.7 Å². The molecule has 0 saturated heterocycles. The van der Waals surface area contributed by atoms with E-state index in [1.165, 1.54) is 0 Å². The Hall–Kier alpha value is -4.33. The molecule has 2 aromatic rings. The van der Waals surface area contributed by atoms with Gasteiger partial charge in [-0.3, -0.25) is 20.2 Å². The fraction of sp³-hybridized carbons (Fsp3) is 0.432. The number of nitro benzene ring substituents is 2. The molecule has 2 unspecified atom stereocenters. The number of fused-ring (bicyclic) bond motifs is 2. The number of rotatable bonds is 14. The molecule has 0 spiro atoms. The molecule has 0 saturated carbocycles. The van der Waals surface area contributed by atoms with E-state index >= 15 is 0 Å². The Kier molecular flexibility index (Phi) is 9.95. The smallest absolute Gasteiger partial charge is 0.270 e. The lowest BCUT2D eigenvalue weighted by Crippen LogP contribution is -2.31. The fourth-order valence-electron chi connectivity index (χ4n) is 6.80. The van der Waals surface area contributed by atoms with Crippen molar-refractivity contribution in [3.05, 3.63) is 117 Å². The van der Waals surface area contributed by atoms with E-state index in [1.54, 1.807) is 24.3 Å². The molecule has 8 heteroatoms. The van der Waals surface area contributed by atoms with Crippen LogP contribution in [-0.2, 0) is 10.8 Å². The summed E-state index contributed by atoms with van der Waals surface area (Å²) in [4.78, 5) is 25.1. The van der Waals surface area contributed by atoms with Crippen molar-refractivity contribution in [1.29, 1.82) is 0 Å². The quantitative estimate of drug-likeness (QED) is 0.0918. The van der Waals surface area contributed by atoms with Crippen molar-refractivity contribution in [2.24, 2.45) is 11.8 Å². The van der Waals surface area contributed by atoms with E-state index in [-0.39, 0.29) is 21.2 Å². The molecule has 45 heavy (non-hydrogen) atoms. The van der Waals surface area contributed by atoms with Gasteiger partial charge in [0.1, 0.15) is 6.54 Å². The van der Waals surface area contributed by atoms with E-state index in [9.17, 15) is 20.2 Å². The molecule has 0 amide bonds. The van der Waals surface area contributed by atoms with E-state index in [0.717, 1.165) is 59.8 Å². The summed E-state index contributed by atoms with van der Waals surface area (Å²) in [6.07, 6.45) is 13.3. The Morgan fingerprint density at radius 1 is 0.867 bits per heavy atom. The molecule has 2 aliphatic heterocycles. The Labute approximate surface area is 267 Å². The van der Waals surface area contributed by atoms with Crippen LogP contribution < -0.4 is 4.90 Å². The Balaban J connectivity index is 1.89. The van der Waals surface area contributed by atoms with Crippen LogP contribution in [0, 0.1) is 32.1 Å². The van der Waals surface area contributed by atoms with Crippen LogP contribution in [0.4, 0.5) is 22.7 Å². The number of non-ortho nitro benzene ring substituents is 2. The SMILES string of the molecule is C=CCC1(C)C(/C=C/C=C2/N(CCC(C)C)c3ccc([N+](=O)[O-])cc3C2(C)CC=C)=[N+](CCC(C)C)c2ccc([N+](=O)[O-])cc21. The first-order valence-electron chi connectivity index (χ1n) is 15.9. The summed E-state index contributed by atoms with van der Waals surface area (Å²) in [5.74, 6) is 0.973. The standard InChI is InChI=1S/C37H47N4O4/c1-9-20-36(7)30-24-28(40(42)43)14-16-32(30)38(22-18-26(3)4)34(36)12-11-13-35-37(8,21-10-2)31-25-29(41(44)45)15-17-33(31)39(35)23-19-27(5)6/h9-17,24-27H,1-2,18-23H2,3-8H3/q+1. The number of allylic oxidation sites excluding steroid dienone is 6. The molecule has 2 heterocycles. The highest BCUT2D eigenvalue weighted by atomic mass is 16.6. The predicted octanol–water partition coefficient (Wildman–Crippen LogP) is 9.32. The van der Waals surface area contributed by atoms with E-state index in [0.29, 0.717) is 24.7 Å². The van der Waals surface area contributed by atoms with Crippen molar-refractivity contribution < 1.29 is 14.4 Å². The van der Waals surface area contributed by atoms with Gasteiger partial charge in [0.25, 0.3) is 11.4 Å². The van der Waals surface area contributed by atoms with Crippen LogP contribution in [0.1, 0.15) is 78.4 Å². The van der Waals surface area contributed by atoms with Crippen molar-refractivity contribution in [2.45, 2.75) is 78.1 Å². The van der Waals surface area contributed by atoms with Crippen LogP contribution in [-0.4, -0.2) is 33.2 Å². The maximum Gasteiger partial charge on any atom is 0.270 e. The van der Waals surface area contributed by atoms with Gasteiger partial charge in [-0.15, -0.1) is 13.2 Å². The topological polar surface area (TPSA) is 92.5 Å². The van der Waals surface area contributed by atoms with Crippen molar-refractivity contribution >= 4 is 28.5 Å². The average molecular weight is 612 g/mol. The molecule has 2 aromatic carbocycles. The minimum Gasteiger partial charge on any atom is -0.344 e. The summed E-state index contributed by atoms with van der Waals surface area (Å²) in [5.41, 5.74) is 5.15. The highest BCUT2D eigenvalue weighted by Crippen LogP contribution is 2.51. The van der Waals surface area contributed by atoms with E-state index in [1.807, 2.05) is 24.3 Å². The van der Waals surface area contributed by atoms with Gasteiger partial charge in [-0.1, -0.05) is 45.9 Å². The maximum atomic E-state index is 11.8. The summed E-state index contributed by atoms with van der Waals surface area (Å²) >= 11 is 0. The zero-order valence-electron chi connectivity index (χ0n) is 27.6. The minimum atomic E-state index is -0.504. The zero-order valence-corrected chi connectivity index (χ0v) is 27.6. The van der Waals surface area contributed by atoms with Crippen LogP contribution in [0.5, 0.6) is 0 Å². The first-order chi connectivity index (χ1) is 21.3. The Bertz CT molecular complexity index is 1600. The van der Waals surface area contributed by atoms with Gasteiger partial charge < -0.3 is 4.90 Å². The first-order valence-corrected chi connectivity index (χ1v) is 15.9. The number of benzene rings is 2. The molecule has 2 aliphatic rings.